The summed E-state index contributed by atoms with van der Waals surface area (Å²) in [6.45, 7) is 0. The number of Topliss-reactive ketones (excluding diaryl/α,β-unsaturated/α-hetero) is 1. The Labute approximate surface area is 225 Å². The zero-order valence-electron chi connectivity index (χ0n) is 22.2. The summed E-state index contributed by atoms with van der Waals surface area (Å²) in [7, 11) is 0. The summed E-state index contributed by atoms with van der Waals surface area (Å²) < 4.78 is 15.4. The van der Waals surface area contributed by atoms with Crippen molar-refractivity contribution in [3.63, 3.8) is 0 Å². The van der Waals surface area contributed by atoms with Gasteiger partial charge in [-0.15, -0.1) is 0 Å². The molecule has 196 valence electrons. The molecule has 2 fully saturated rings. The molecule has 4 aromatic rings. The van der Waals surface area contributed by atoms with Gasteiger partial charge in [-0.25, -0.2) is 4.39 Å². The highest BCUT2D eigenvalue weighted by molar-refractivity contribution is 5.99. The van der Waals surface area contributed by atoms with E-state index in [1.54, 1.807) is 12.1 Å². The molecule has 0 aliphatic heterocycles. The van der Waals surface area contributed by atoms with Crippen LogP contribution in [0.5, 0.6) is 0 Å². The van der Waals surface area contributed by atoms with Crippen molar-refractivity contribution in [1.82, 2.24) is 4.57 Å². The normalized spacial score (nSPS) is 22.7. The molecule has 2 bridgehead atoms. The minimum absolute atomic E-state index is 0.225. The molecule has 1 aromatic heterocycles. The number of carbonyl (C=O) groups is 1. The van der Waals surface area contributed by atoms with Gasteiger partial charge in [-0.3, -0.25) is 4.79 Å². The summed E-state index contributed by atoms with van der Waals surface area (Å²) in [6, 6.07) is 25.5. The Balaban J connectivity index is 0.988. The average Bonchev–Trinajstić information content (AvgIpc) is 3.47. The molecule has 0 amide bonds. The molecule has 2 saturated carbocycles. The summed E-state index contributed by atoms with van der Waals surface area (Å²) in [5.41, 5.74) is 4.15. The van der Waals surface area contributed by atoms with Crippen LogP contribution in [0.3, 0.4) is 0 Å². The van der Waals surface area contributed by atoms with Crippen LogP contribution >= 0.6 is 0 Å². The first-order chi connectivity index (χ1) is 18.6. The standard InChI is InChI=1S/C35H38FNO/c36-31-15-17-32(18-16-31)37-21-20-27-11-14-30(24-34(27)37)35(38)9-5-4-8-26-22-28-12-13-29(23-26)33(28)19-10-25-6-2-1-3-7-25/h1-3,6-7,11,14-18,20-21,24,26,28-29,33H,4-5,8-10,12-13,19,22-23H2/t26?,28-,29+,33?. The van der Waals surface area contributed by atoms with Gasteiger partial charge in [0.05, 0.1) is 5.52 Å². The van der Waals surface area contributed by atoms with Crippen molar-refractivity contribution in [2.45, 2.75) is 64.2 Å². The van der Waals surface area contributed by atoms with Crippen molar-refractivity contribution in [2.75, 3.05) is 0 Å². The molecule has 2 unspecified atom stereocenters. The fourth-order valence-corrected chi connectivity index (χ4v) is 7.46. The van der Waals surface area contributed by atoms with Crippen molar-refractivity contribution in [2.24, 2.45) is 23.7 Å². The van der Waals surface area contributed by atoms with E-state index in [-0.39, 0.29) is 11.6 Å². The predicted octanol–water partition coefficient (Wildman–Crippen LogP) is 9.20. The lowest BCUT2D eigenvalue weighted by atomic mass is 9.70. The largest absolute Gasteiger partial charge is 0.317 e. The van der Waals surface area contributed by atoms with Gasteiger partial charge < -0.3 is 4.57 Å². The molecule has 2 aliphatic carbocycles. The van der Waals surface area contributed by atoms with E-state index in [4.69, 9.17) is 0 Å². The summed E-state index contributed by atoms with van der Waals surface area (Å²) >= 11 is 0. The van der Waals surface area contributed by atoms with E-state index < -0.39 is 0 Å². The Morgan fingerprint density at radius 1 is 0.842 bits per heavy atom. The smallest absolute Gasteiger partial charge is 0.162 e. The third kappa shape index (κ3) is 5.48. The lowest BCUT2D eigenvalue weighted by Crippen LogP contribution is -2.26. The van der Waals surface area contributed by atoms with E-state index in [0.29, 0.717) is 6.42 Å². The lowest BCUT2D eigenvalue weighted by Gasteiger charge is -2.35. The van der Waals surface area contributed by atoms with Gasteiger partial charge in [-0.1, -0.05) is 55.3 Å². The first-order valence-electron chi connectivity index (χ1n) is 14.6. The van der Waals surface area contributed by atoms with Crippen molar-refractivity contribution in [1.29, 1.82) is 0 Å². The van der Waals surface area contributed by atoms with Crippen LogP contribution in [0.15, 0.2) is 85.1 Å². The summed E-state index contributed by atoms with van der Waals surface area (Å²) in [5.74, 6) is 3.61. The van der Waals surface area contributed by atoms with Gasteiger partial charge in [-0.05, 0) is 116 Å². The second kappa shape index (κ2) is 11.3. The van der Waals surface area contributed by atoms with Crippen LogP contribution in [-0.4, -0.2) is 10.4 Å². The van der Waals surface area contributed by atoms with Crippen LogP contribution in [0.1, 0.15) is 73.7 Å². The maximum Gasteiger partial charge on any atom is 0.162 e. The Hall–Kier alpha value is -3.20. The minimum atomic E-state index is -0.246. The zero-order chi connectivity index (χ0) is 25.9. The van der Waals surface area contributed by atoms with Crippen molar-refractivity contribution in [3.05, 3.63) is 102 Å². The number of halogens is 1. The number of aromatic nitrogens is 1. The number of rotatable bonds is 10. The molecule has 0 radical (unpaired) electrons. The third-order valence-corrected chi connectivity index (χ3v) is 9.39. The van der Waals surface area contributed by atoms with Crippen molar-refractivity contribution in [3.8, 4) is 5.69 Å². The highest BCUT2D eigenvalue weighted by atomic mass is 19.1. The second-order valence-corrected chi connectivity index (χ2v) is 11.7. The molecule has 0 spiro atoms. The fraction of sp³-hybridized carbons (Fsp3) is 0.400. The van der Waals surface area contributed by atoms with Gasteiger partial charge in [-0.2, -0.15) is 0 Å². The van der Waals surface area contributed by atoms with Gasteiger partial charge in [0, 0.05) is 23.9 Å². The number of ketones is 1. The number of benzene rings is 3. The van der Waals surface area contributed by atoms with Crippen LogP contribution in [0, 0.1) is 29.5 Å². The molecule has 0 N–H and O–H groups in total. The summed E-state index contributed by atoms with van der Waals surface area (Å²) in [6.07, 6.45) is 14.2. The number of aryl methyl sites for hydroxylation is 1. The molecule has 3 aromatic carbocycles. The minimum Gasteiger partial charge on any atom is -0.317 e. The highest BCUT2D eigenvalue weighted by Gasteiger charge is 2.41. The van der Waals surface area contributed by atoms with Gasteiger partial charge in [0.2, 0.25) is 0 Å². The number of carbonyl (C=O) groups excluding carboxylic acids is 1. The van der Waals surface area contributed by atoms with Crippen molar-refractivity contribution >= 4 is 16.7 Å². The zero-order valence-corrected chi connectivity index (χ0v) is 22.2. The molecule has 4 atom stereocenters. The van der Waals surface area contributed by atoms with Crippen molar-refractivity contribution < 1.29 is 9.18 Å². The van der Waals surface area contributed by atoms with E-state index in [9.17, 15) is 9.18 Å². The van der Waals surface area contributed by atoms with Gasteiger partial charge in [0.1, 0.15) is 5.82 Å². The Morgan fingerprint density at radius 2 is 1.61 bits per heavy atom. The van der Waals surface area contributed by atoms with Crippen LogP contribution in [0.2, 0.25) is 0 Å². The van der Waals surface area contributed by atoms with Crippen LogP contribution in [-0.2, 0) is 6.42 Å². The van der Waals surface area contributed by atoms with E-state index in [0.717, 1.165) is 58.7 Å². The van der Waals surface area contributed by atoms with E-state index in [1.807, 2.05) is 35.0 Å². The topological polar surface area (TPSA) is 22.0 Å². The molecular formula is C35H38FNO. The number of nitrogens with zero attached hydrogens (tertiary/aromatic N) is 1. The van der Waals surface area contributed by atoms with E-state index >= 15 is 0 Å². The molecule has 6 rings (SSSR count). The highest BCUT2D eigenvalue weighted by Crippen LogP contribution is 2.51. The second-order valence-electron chi connectivity index (χ2n) is 11.7. The number of fused-ring (bicyclic) bond motifs is 3. The molecule has 2 aliphatic rings. The maximum absolute atomic E-state index is 13.4. The molecule has 38 heavy (non-hydrogen) atoms. The SMILES string of the molecule is O=C(CCCCC1C[C@H]2CC[C@@H](C1)C2CCc1ccccc1)c1ccc2ccn(-c3ccc(F)cc3)c2c1. The summed E-state index contributed by atoms with van der Waals surface area (Å²) in [4.78, 5) is 13.0. The Bertz CT molecular complexity index is 1360. The maximum atomic E-state index is 13.4. The quantitative estimate of drug-likeness (QED) is 0.155. The predicted molar refractivity (Wildman–Crippen MR) is 153 cm³/mol. The molecule has 0 saturated heterocycles. The average molecular weight is 508 g/mol. The van der Waals surface area contributed by atoms with E-state index in [1.165, 1.54) is 62.6 Å². The van der Waals surface area contributed by atoms with Crippen LogP contribution in [0.25, 0.3) is 16.6 Å². The first-order valence-corrected chi connectivity index (χ1v) is 14.6. The Morgan fingerprint density at radius 3 is 2.37 bits per heavy atom. The summed E-state index contributed by atoms with van der Waals surface area (Å²) in [5, 5.41) is 1.08. The van der Waals surface area contributed by atoms with Crippen LogP contribution in [0.4, 0.5) is 4.39 Å². The van der Waals surface area contributed by atoms with Gasteiger partial charge >= 0.3 is 0 Å². The number of hydrogen-bond donors (Lipinski definition) is 0. The molecular weight excluding hydrogens is 469 g/mol. The van der Waals surface area contributed by atoms with Crippen LogP contribution < -0.4 is 0 Å². The number of unbranched alkanes of at least 4 members (excludes halogenated alkanes) is 1. The lowest BCUT2D eigenvalue weighted by molar-refractivity contribution is 0.0976. The fourth-order valence-electron chi connectivity index (χ4n) is 7.46. The monoisotopic (exact) mass is 507 g/mol. The van der Waals surface area contributed by atoms with Gasteiger partial charge in [0.25, 0.3) is 0 Å². The molecule has 3 heteroatoms. The number of hydrogen-bond acceptors (Lipinski definition) is 1. The Kier molecular flexibility index (Phi) is 7.44. The van der Waals surface area contributed by atoms with Gasteiger partial charge in [0.15, 0.2) is 5.78 Å². The molecule has 2 nitrogen and oxygen atoms in total. The van der Waals surface area contributed by atoms with E-state index in [2.05, 4.69) is 30.3 Å². The first kappa shape index (κ1) is 25.1. The third-order valence-electron chi connectivity index (χ3n) is 9.39. The molecule has 1 heterocycles.